The number of hydrogen-bond acceptors (Lipinski definition) is 7. The van der Waals surface area contributed by atoms with Crippen molar-refractivity contribution in [2.45, 2.75) is 12.8 Å². The van der Waals surface area contributed by atoms with E-state index in [-0.39, 0.29) is 42.9 Å². The number of nitrogens with zero attached hydrogens (tertiary/aromatic N) is 3. The van der Waals surface area contributed by atoms with E-state index in [1.807, 2.05) is 48.8 Å². The molecule has 0 spiro atoms. The number of methoxy groups -OCH3 is 1. The minimum atomic E-state index is -0.273. The van der Waals surface area contributed by atoms with Gasteiger partial charge in [0.25, 0.3) is 0 Å². The molecule has 0 radical (unpaired) electrons. The first-order valence-electron chi connectivity index (χ1n) is 9.74. The van der Waals surface area contributed by atoms with Gasteiger partial charge in [0.05, 0.1) is 36.9 Å². The molecule has 5 rings (SSSR count). The molecule has 4 aromatic rings. The van der Waals surface area contributed by atoms with E-state index in [2.05, 4.69) is 20.1 Å². The molecular formula is C24H17N3O4SU. The van der Waals surface area contributed by atoms with Crippen molar-refractivity contribution in [1.29, 1.82) is 0 Å². The number of rotatable bonds is 4. The number of amides is 2. The van der Waals surface area contributed by atoms with E-state index in [1.54, 1.807) is 19.2 Å². The van der Waals surface area contributed by atoms with Gasteiger partial charge in [-0.15, -0.1) is 12.1 Å². The zero-order chi connectivity index (χ0) is 22.5. The Bertz CT molecular complexity index is 1270. The van der Waals surface area contributed by atoms with Crippen LogP contribution in [0.2, 0.25) is 0 Å². The van der Waals surface area contributed by atoms with Gasteiger partial charge in [0.2, 0.25) is 0 Å². The third-order valence-electron chi connectivity index (χ3n) is 4.93. The Morgan fingerprint density at radius 1 is 0.818 bits per heavy atom. The van der Waals surface area contributed by atoms with Crippen molar-refractivity contribution in [3.05, 3.63) is 71.5 Å². The maximum Gasteiger partial charge on any atom is 2.00 e. The average Bonchev–Trinajstić information content (AvgIpc) is 3.47. The van der Waals surface area contributed by atoms with Gasteiger partial charge in [0.15, 0.2) is 0 Å². The Balaban J connectivity index is 0.000000330. The van der Waals surface area contributed by atoms with Crippen LogP contribution in [0.3, 0.4) is 0 Å². The van der Waals surface area contributed by atoms with Crippen molar-refractivity contribution in [3.63, 3.8) is 0 Å². The number of carbonyl (C=O) groups is 2. The fourth-order valence-electron chi connectivity index (χ4n) is 3.29. The van der Waals surface area contributed by atoms with Crippen LogP contribution < -0.4 is 4.74 Å². The molecule has 2 heterocycles. The molecule has 7 nitrogen and oxygen atoms in total. The number of fused-ring (bicyclic) bond motifs is 1. The van der Waals surface area contributed by atoms with Crippen LogP contribution in [-0.2, 0) is 14.4 Å². The van der Waals surface area contributed by atoms with Crippen LogP contribution in [0.4, 0.5) is 0 Å². The second kappa shape index (κ2) is 11.3. The van der Waals surface area contributed by atoms with Crippen molar-refractivity contribution >= 4 is 40.9 Å². The van der Waals surface area contributed by atoms with E-state index in [9.17, 15) is 14.4 Å². The minimum absolute atomic E-state index is 0. The topological polar surface area (TPSA) is 100 Å². The molecule has 2 amide bonds. The van der Waals surface area contributed by atoms with Gasteiger partial charge in [-0.05, 0) is 36.1 Å². The van der Waals surface area contributed by atoms with Gasteiger partial charge in [-0.2, -0.15) is 26.4 Å². The minimum Gasteiger partial charge on any atom is -0.596 e. The van der Waals surface area contributed by atoms with Crippen molar-refractivity contribution in [2.75, 3.05) is 7.11 Å². The molecule has 0 atom stereocenters. The summed E-state index contributed by atoms with van der Waals surface area (Å²) in [5.74, 6) is 0.273. The standard InChI is InChI=1S/C20H13N2O2S.C4H5NO2.U/c1-24-16-8-6-15(7-9-16)18-11-10-17(19-20(18)22-25-21-19)14-4-2-13(12-23)3-5-14;6-3-1-2-4(7)5-3;/h2-11H,1H3;1-2H2,(H,5,6,7);/q-1;;+2/p-1. The predicted molar refractivity (Wildman–Crippen MR) is 122 cm³/mol. The van der Waals surface area contributed by atoms with Gasteiger partial charge < -0.3 is 24.4 Å². The number of ether oxygens (including phenoxy) is 1. The Labute approximate surface area is 218 Å². The van der Waals surface area contributed by atoms with Crippen LogP contribution in [0.15, 0.2) is 60.7 Å². The largest absolute Gasteiger partial charge is 2.00 e. The summed E-state index contributed by atoms with van der Waals surface area (Å²) in [5.41, 5.74) is 6.37. The number of carbonyl (C=O) groups excluding carboxylic acids is 3. The summed E-state index contributed by atoms with van der Waals surface area (Å²) in [6.07, 6.45) is 2.53. The van der Waals surface area contributed by atoms with E-state index in [0.29, 0.717) is 18.4 Å². The summed E-state index contributed by atoms with van der Waals surface area (Å²) in [5, 5.41) is 3.11. The van der Waals surface area contributed by atoms with Crippen LogP contribution in [-0.4, -0.2) is 34.0 Å². The van der Waals surface area contributed by atoms with Crippen molar-refractivity contribution < 1.29 is 50.2 Å². The first-order valence-corrected chi connectivity index (χ1v) is 10.5. The number of aromatic nitrogens is 2. The van der Waals surface area contributed by atoms with Crippen molar-refractivity contribution in [1.82, 2.24) is 8.75 Å². The third-order valence-corrected chi connectivity index (χ3v) is 5.46. The molecule has 162 valence electrons. The van der Waals surface area contributed by atoms with Gasteiger partial charge in [-0.3, -0.25) is 0 Å². The van der Waals surface area contributed by atoms with Gasteiger partial charge in [-0.1, -0.05) is 24.3 Å². The van der Waals surface area contributed by atoms with Gasteiger partial charge >= 0.3 is 31.1 Å². The second-order valence-corrected chi connectivity index (χ2v) is 7.46. The van der Waals surface area contributed by atoms with Crippen LogP contribution in [0.5, 0.6) is 5.75 Å². The molecule has 33 heavy (non-hydrogen) atoms. The monoisotopic (exact) mass is 681 g/mol. The molecular weight excluding hydrogens is 664 g/mol. The summed E-state index contributed by atoms with van der Waals surface area (Å²) < 4.78 is 14.2. The Kier molecular flexibility index (Phi) is 8.50. The molecule has 1 saturated heterocycles. The molecule has 3 aromatic carbocycles. The summed E-state index contributed by atoms with van der Waals surface area (Å²) in [6.45, 7) is 0. The van der Waals surface area contributed by atoms with Gasteiger partial charge in [0.1, 0.15) is 16.8 Å². The predicted octanol–water partition coefficient (Wildman–Crippen LogP) is 4.70. The van der Waals surface area contributed by atoms with Crippen molar-refractivity contribution in [3.8, 4) is 28.0 Å². The Morgan fingerprint density at radius 2 is 1.30 bits per heavy atom. The maximum absolute atomic E-state index is 10.7. The summed E-state index contributed by atoms with van der Waals surface area (Å²) in [6, 6.07) is 19.3. The summed E-state index contributed by atoms with van der Waals surface area (Å²) >= 11 is 1.20. The van der Waals surface area contributed by atoms with Crippen LogP contribution in [0.1, 0.15) is 18.4 Å². The average molecular weight is 682 g/mol. The fourth-order valence-corrected chi connectivity index (χ4v) is 3.86. The molecule has 0 aliphatic carbocycles. The molecule has 0 N–H and O–H groups in total. The van der Waals surface area contributed by atoms with Crippen LogP contribution >= 0.6 is 11.7 Å². The normalized spacial score (nSPS) is 12.4. The molecule has 0 unspecified atom stereocenters. The number of imide groups is 1. The molecule has 1 aromatic heterocycles. The van der Waals surface area contributed by atoms with Gasteiger partial charge in [-0.25, -0.2) is 0 Å². The Hall–Kier alpha value is -2.86. The zero-order valence-corrected chi connectivity index (χ0v) is 22.6. The second-order valence-electron chi connectivity index (χ2n) is 6.93. The van der Waals surface area contributed by atoms with Crippen molar-refractivity contribution in [2.24, 2.45) is 0 Å². The van der Waals surface area contributed by atoms with Crippen LogP contribution in [0, 0.1) is 31.1 Å². The smallest absolute Gasteiger partial charge is 0.596 e. The van der Waals surface area contributed by atoms with E-state index in [1.165, 1.54) is 11.7 Å². The first kappa shape index (κ1) is 24.8. The van der Waals surface area contributed by atoms with Crippen LogP contribution in [0.25, 0.3) is 38.6 Å². The first-order chi connectivity index (χ1) is 15.6. The maximum atomic E-state index is 10.7. The summed E-state index contributed by atoms with van der Waals surface area (Å²) in [7, 11) is 1.65. The van der Waals surface area contributed by atoms with Gasteiger partial charge in [0, 0.05) is 11.1 Å². The fraction of sp³-hybridized carbons (Fsp3) is 0.125. The Morgan fingerprint density at radius 3 is 1.70 bits per heavy atom. The van der Waals surface area contributed by atoms with E-state index < -0.39 is 0 Å². The third kappa shape index (κ3) is 5.74. The summed E-state index contributed by atoms with van der Waals surface area (Å²) in [4.78, 5) is 30.8. The molecule has 1 aliphatic heterocycles. The molecule has 0 bridgehead atoms. The number of hydrogen-bond donors (Lipinski definition) is 0. The van der Waals surface area contributed by atoms with E-state index in [4.69, 9.17) is 4.74 Å². The number of benzene rings is 3. The molecule has 1 aliphatic rings. The molecule has 1 fully saturated rings. The zero-order valence-electron chi connectivity index (χ0n) is 17.6. The quantitative estimate of drug-likeness (QED) is 0.229. The molecule has 9 heteroatoms. The SMILES string of the molecule is COc1ccc(-c2ccc(-c3ccc([C-]=O)cc3)c3nsnc23)cc1.O=C1CCC(=O)[N-]1.[U+2]. The van der Waals surface area contributed by atoms with E-state index in [0.717, 1.165) is 39.0 Å². The molecule has 0 saturated carbocycles. The van der Waals surface area contributed by atoms with E-state index >= 15 is 0 Å².